The van der Waals surface area contributed by atoms with Crippen molar-refractivity contribution in [2.24, 2.45) is 5.73 Å². The van der Waals surface area contributed by atoms with Gasteiger partial charge >= 0.3 is 0 Å². The number of nitrogens with zero attached hydrogens (tertiary/aromatic N) is 1. The van der Waals surface area contributed by atoms with Gasteiger partial charge in [-0.25, -0.2) is 0 Å². The third-order valence-corrected chi connectivity index (χ3v) is 3.56. The second kappa shape index (κ2) is 6.50. The monoisotopic (exact) mass is 298 g/mol. The van der Waals surface area contributed by atoms with Gasteiger partial charge in [-0.15, -0.1) is 0 Å². The molecule has 0 bridgehead atoms. The van der Waals surface area contributed by atoms with Crippen molar-refractivity contribution in [1.29, 1.82) is 0 Å². The largest absolute Gasteiger partial charge is 0.389 e. The van der Waals surface area contributed by atoms with E-state index >= 15 is 0 Å². The summed E-state index contributed by atoms with van der Waals surface area (Å²) < 4.78 is 0. The molecule has 0 spiro atoms. The lowest BCUT2D eigenvalue weighted by molar-refractivity contribution is -0.117. The van der Waals surface area contributed by atoms with E-state index < -0.39 is 0 Å². The number of amides is 1. The van der Waals surface area contributed by atoms with E-state index in [2.05, 4.69) is 0 Å². The first-order valence-electron chi connectivity index (χ1n) is 6.70. The van der Waals surface area contributed by atoms with E-state index in [0.717, 1.165) is 16.8 Å². The zero-order valence-corrected chi connectivity index (χ0v) is 13.0. The average molecular weight is 298 g/mol. The van der Waals surface area contributed by atoms with Crippen LogP contribution in [0.5, 0.6) is 0 Å². The van der Waals surface area contributed by atoms with Gasteiger partial charge in [-0.2, -0.15) is 0 Å². The van der Waals surface area contributed by atoms with E-state index in [1.54, 1.807) is 11.9 Å². The molecule has 0 aliphatic heterocycles. The fourth-order valence-corrected chi connectivity index (χ4v) is 2.40. The highest BCUT2D eigenvalue weighted by molar-refractivity contribution is 7.80. The lowest BCUT2D eigenvalue weighted by Gasteiger charge is -2.20. The maximum absolute atomic E-state index is 12.4. The zero-order chi connectivity index (χ0) is 15.4. The van der Waals surface area contributed by atoms with Crippen LogP contribution in [-0.2, 0) is 11.2 Å². The van der Waals surface area contributed by atoms with Gasteiger partial charge in [0.2, 0.25) is 5.91 Å². The number of para-hydroxylation sites is 1. The van der Waals surface area contributed by atoms with Crippen LogP contribution in [0.15, 0.2) is 48.5 Å². The molecule has 0 atom stereocenters. The molecule has 0 aliphatic carbocycles. The first kappa shape index (κ1) is 15.2. The summed E-state index contributed by atoms with van der Waals surface area (Å²) in [6.45, 7) is 2.01. The van der Waals surface area contributed by atoms with Gasteiger partial charge in [0.15, 0.2) is 0 Å². The van der Waals surface area contributed by atoms with Crippen molar-refractivity contribution in [3.8, 4) is 0 Å². The van der Waals surface area contributed by atoms with Crippen LogP contribution in [-0.4, -0.2) is 17.9 Å². The molecule has 1 amide bonds. The highest BCUT2D eigenvalue weighted by atomic mass is 32.1. The van der Waals surface area contributed by atoms with Crippen LogP contribution < -0.4 is 10.6 Å². The smallest absolute Gasteiger partial charge is 0.231 e. The normalized spacial score (nSPS) is 10.2. The number of likely N-dealkylation sites (N-methyl/N-ethyl adjacent to an activating group) is 1. The van der Waals surface area contributed by atoms with E-state index in [9.17, 15) is 4.79 Å². The summed E-state index contributed by atoms with van der Waals surface area (Å²) in [6.07, 6.45) is 0.351. The number of aryl methyl sites for hydroxylation is 1. The van der Waals surface area contributed by atoms with Crippen molar-refractivity contribution in [3.05, 3.63) is 65.2 Å². The molecule has 0 saturated carbocycles. The van der Waals surface area contributed by atoms with Crippen molar-refractivity contribution >= 4 is 28.8 Å². The third-order valence-electron chi connectivity index (χ3n) is 3.34. The molecule has 0 unspecified atom stereocenters. The highest BCUT2D eigenvalue weighted by Gasteiger charge is 2.15. The Morgan fingerprint density at radius 1 is 1.19 bits per heavy atom. The molecule has 4 heteroatoms. The first-order chi connectivity index (χ1) is 9.99. The fraction of sp³-hybridized carbons (Fsp3) is 0.176. The number of benzene rings is 2. The molecule has 108 valence electrons. The molecule has 0 aliphatic rings. The van der Waals surface area contributed by atoms with Gasteiger partial charge in [0, 0.05) is 12.6 Å². The molecule has 2 N–H and O–H groups in total. The van der Waals surface area contributed by atoms with E-state index in [-0.39, 0.29) is 5.91 Å². The number of anilines is 1. The Morgan fingerprint density at radius 2 is 1.90 bits per heavy atom. The number of thiocarbonyl (C=S) groups is 1. The Bertz CT molecular complexity index is 682. The standard InChI is InChI=1S/C17H18N2OS/c1-12-6-5-7-13(10-12)11-16(20)19(2)15-9-4-3-8-14(15)17(18)21/h3-10H,11H2,1-2H3,(H2,18,21). The summed E-state index contributed by atoms with van der Waals surface area (Å²) in [4.78, 5) is 14.3. The molecular weight excluding hydrogens is 280 g/mol. The predicted octanol–water partition coefficient (Wildman–Crippen LogP) is 2.83. The molecule has 2 rings (SSSR count). The maximum Gasteiger partial charge on any atom is 0.231 e. The minimum absolute atomic E-state index is 0.00398. The minimum Gasteiger partial charge on any atom is -0.389 e. The molecule has 0 fully saturated rings. The zero-order valence-electron chi connectivity index (χ0n) is 12.2. The topological polar surface area (TPSA) is 46.3 Å². The SMILES string of the molecule is Cc1cccc(CC(=O)N(C)c2ccccc2C(N)=S)c1. The van der Waals surface area contributed by atoms with Gasteiger partial charge in [-0.3, -0.25) is 4.79 Å². The third kappa shape index (κ3) is 3.67. The van der Waals surface area contributed by atoms with Gasteiger partial charge < -0.3 is 10.6 Å². The average Bonchev–Trinajstić information content (AvgIpc) is 2.46. The van der Waals surface area contributed by atoms with Crippen LogP contribution >= 0.6 is 12.2 Å². The molecule has 2 aromatic carbocycles. The molecule has 0 aromatic heterocycles. The van der Waals surface area contributed by atoms with Crippen LogP contribution in [0.4, 0.5) is 5.69 Å². The van der Waals surface area contributed by atoms with Crippen LogP contribution in [0.3, 0.4) is 0 Å². The van der Waals surface area contributed by atoms with Crippen molar-refractivity contribution in [1.82, 2.24) is 0 Å². The Labute approximate surface area is 130 Å². The molecular formula is C17H18N2OS. The molecule has 2 aromatic rings. The Kier molecular flexibility index (Phi) is 4.70. The second-order valence-electron chi connectivity index (χ2n) is 5.00. The summed E-state index contributed by atoms with van der Waals surface area (Å²) in [5.41, 5.74) is 9.32. The van der Waals surface area contributed by atoms with Gasteiger partial charge in [-0.1, -0.05) is 54.2 Å². The van der Waals surface area contributed by atoms with E-state index in [4.69, 9.17) is 18.0 Å². The lowest BCUT2D eigenvalue weighted by Crippen LogP contribution is -2.30. The quantitative estimate of drug-likeness (QED) is 0.883. The lowest BCUT2D eigenvalue weighted by atomic mass is 10.1. The van der Waals surface area contributed by atoms with Crippen molar-refractivity contribution in [2.45, 2.75) is 13.3 Å². The Balaban J connectivity index is 2.22. The Morgan fingerprint density at radius 3 is 2.57 bits per heavy atom. The van der Waals surface area contributed by atoms with Crippen LogP contribution in [0, 0.1) is 6.92 Å². The van der Waals surface area contributed by atoms with Gasteiger partial charge in [-0.05, 0) is 24.6 Å². The summed E-state index contributed by atoms with van der Waals surface area (Å²) in [7, 11) is 1.75. The van der Waals surface area contributed by atoms with Crippen molar-refractivity contribution in [2.75, 3.05) is 11.9 Å². The summed E-state index contributed by atoms with van der Waals surface area (Å²) >= 11 is 5.04. The minimum atomic E-state index is 0.00398. The molecule has 3 nitrogen and oxygen atoms in total. The fourth-order valence-electron chi connectivity index (χ4n) is 2.22. The van der Waals surface area contributed by atoms with Crippen molar-refractivity contribution in [3.63, 3.8) is 0 Å². The number of nitrogens with two attached hydrogens (primary N) is 1. The summed E-state index contributed by atoms with van der Waals surface area (Å²) in [5, 5.41) is 0. The van der Waals surface area contributed by atoms with Gasteiger partial charge in [0.05, 0.1) is 12.1 Å². The van der Waals surface area contributed by atoms with E-state index in [1.807, 2.05) is 55.5 Å². The highest BCUT2D eigenvalue weighted by Crippen LogP contribution is 2.20. The van der Waals surface area contributed by atoms with Crippen LogP contribution in [0.25, 0.3) is 0 Å². The first-order valence-corrected chi connectivity index (χ1v) is 7.11. The van der Waals surface area contributed by atoms with Gasteiger partial charge in [0.25, 0.3) is 0 Å². The van der Waals surface area contributed by atoms with E-state index in [0.29, 0.717) is 17.0 Å². The number of hydrogen-bond acceptors (Lipinski definition) is 2. The number of carbonyl (C=O) groups excluding carboxylic acids is 1. The van der Waals surface area contributed by atoms with Crippen LogP contribution in [0.2, 0.25) is 0 Å². The number of carbonyl (C=O) groups is 1. The molecule has 21 heavy (non-hydrogen) atoms. The number of hydrogen-bond donors (Lipinski definition) is 1. The summed E-state index contributed by atoms with van der Waals surface area (Å²) in [6, 6.07) is 15.4. The molecule has 0 saturated heterocycles. The van der Waals surface area contributed by atoms with Crippen LogP contribution in [0.1, 0.15) is 16.7 Å². The predicted molar refractivity (Wildman–Crippen MR) is 90.6 cm³/mol. The molecule has 0 heterocycles. The van der Waals surface area contributed by atoms with Crippen molar-refractivity contribution < 1.29 is 4.79 Å². The van der Waals surface area contributed by atoms with E-state index in [1.165, 1.54) is 0 Å². The maximum atomic E-state index is 12.4. The number of rotatable bonds is 4. The molecule has 0 radical (unpaired) electrons. The van der Waals surface area contributed by atoms with Gasteiger partial charge in [0.1, 0.15) is 4.99 Å². The Hall–Kier alpha value is -2.20. The summed E-state index contributed by atoms with van der Waals surface area (Å²) in [5.74, 6) is 0.00398. The second-order valence-corrected chi connectivity index (χ2v) is 5.44.